The normalized spacial score (nSPS) is 19.9. The summed E-state index contributed by atoms with van der Waals surface area (Å²) in [6, 6.07) is 19.5. The number of piperazine rings is 1. The molecule has 6 heteroatoms. The number of hydrogen-bond acceptors (Lipinski definition) is 5. The Kier molecular flexibility index (Phi) is 6.63. The van der Waals surface area contributed by atoms with Crippen LogP contribution in [0.2, 0.25) is 0 Å². The van der Waals surface area contributed by atoms with Crippen molar-refractivity contribution in [2.75, 3.05) is 57.3 Å². The van der Waals surface area contributed by atoms with Crippen LogP contribution in [0.1, 0.15) is 41.4 Å². The van der Waals surface area contributed by atoms with Gasteiger partial charge in [0.25, 0.3) is 5.91 Å². The first-order valence-electron chi connectivity index (χ1n) is 13.7. The van der Waals surface area contributed by atoms with Crippen molar-refractivity contribution in [2.45, 2.75) is 38.8 Å². The first-order valence-corrected chi connectivity index (χ1v) is 13.7. The van der Waals surface area contributed by atoms with Crippen molar-refractivity contribution in [3.05, 3.63) is 71.4 Å². The molecule has 6 rings (SSSR count). The van der Waals surface area contributed by atoms with Crippen LogP contribution in [0.4, 0.5) is 5.69 Å². The second kappa shape index (κ2) is 10.2. The molecular formula is C30H37N5O. The predicted octanol–water partition coefficient (Wildman–Crippen LogP) is 4.04. The molecule has 2 aromatic carbocycles. The van der Waals surface area contributed by atoms with E-state index in [9.17, 15) is 4.79 Å². The highest BCUT2D eigenvalue weighted by molar-refractivity contribution is 6.03. The van der Waals surface area contributed by atoms with Crippen molar-refractivity contribution in [1.29, 1.82) is 0 Å². The molecule has 0 saturated carbocycles. The largest absolute Gasteiger partial charge is 0.371 e. The Morgan fingerprint density at radius 3 is 2.50 bits per heavy atom. The lowest BCUT2D eigenvalue weighted by Crippen LogP contribution is -2.53. The summed E-state index contributed by atoms with van der Waals surface area (Å²) < 4.78 is 0. The van der Waals surface area contributed by atoms with Crippen molar-refractivity contribution in [1.82, 2.24) is 19.7 Å². The lowest BCUT2D eigenvalue weighted by Gasteiger charge is -2.43. The van der Waals surface area contributed by atoms with Gasteiger partial charge in [-0.05, 0) is 43.1 Å². The summed E-state index contributed by atoms with van der Waals surface area (Å²) in [6.45, 7) is 11.7. The number of anilines is 1. The fraction of sp³-hybridized carbons (Fsp3) is 0.467. The number of piperidine rings is 1. The Morgan fingerprint density at radius 1 is 0.889 bits per heavy atom. The van der Waals surface area contributed by atoms with Gasteiger partial charge in [-0.2, -0.15) is 0 Å². The molecular weight excluding hydrogens is 446 g/mol. The molecule has 0 N–H and O–H groups in total. The molecule has 3 aromatic rings. The fourth-order valence-electron chi connectivity index (χ4n) is 6.26. The maximum absolute atomic E-state index is 13.5. The number of rotatable bonds is 6. The van der Waals surface area contributed by atoms with Gasteiger partial charge in [0.2, 0.25) is 0 Å². The van der Waals surface area contributed by atoms with Crippen LogP contribution in [0.3, 0.4) is 0 Å². The zero-order valence-electron chi connectivity index (χ0n) is 21.4. The van der Waals surface area contributed by atoms with Crippen LogP contribution < -0.4 is 4.90 Å². The number of carbonyl (C=O) groups is 1. The summed E-state index contributed by atoms with van der Waals surface area (Å²) in [5.41, 5.74) is 5.29. The van der Waals surface area contributed by atoms with Crippen LogP contribution in [0.25, 0.3) is 10.9 Å². The number of nitrogens with zero attached hydrogens (tertiary/aromatic N) is 5. The lowest BCUT2D eigenvalue weighted by molar-refractivity contribution is 0.0779. The standard InChI is InChI=1S/C30H37N5O/c1-2-32-18-20-33(21-19-32)26-13-16-34(17-14-26)28-9-5-7-24-22-35(30(36)29(24)28)15-12-25-11-10-23-6-3-4-8-27(23)31-25/h3-11,26H,2,12-22H2,1H3. The van der Waals surface area contributed by atoms with E-state index in [-0.39, 0.29) is 5.91 Å². The zero-order chi connectivity index (χ0) is 24.5. The third-order valence-electron chi connectivity index (χ3n) is 8.46. The smallest absolute Gasteiger partial charge is 0.256 e. The first-order chi connectivity index (χ1) is 17.7. The highest BCUT2D eigenvalue weighted by atomic mass is 16.2. The predicted molar refractivity (Wildman–Crippen MR) is 146 cm³/mol. The van der Waals surface area contributed by atoms with Gasteiger partial charge in [-0.1, -0.05) is 43.3 Å². The Balaban J connectivity index is 1.09. The molecule has 0 radical (unpaired) electrons. The van der Waals surface area contributed by atoms with E-state index in [1.54, 1.807) is 0 Å². The van der Waals surface area contributed by atoms with Crippen LogP contribution in [-0.4, -0.2) is 84.0 Å². The number of para-hydroxylation sites is 1. The molecule has 188 valence electrons. The number of pyridine rings is 1. The van der Waals surface area contributed by atoms with Gasteiger partial charge < -0.3 is 14.7 Å². The Hall–Kier alpha value is -2.96. The van der Waals surface area contributed by atoms with E-state index in [4.69, 9.17) is 4.98 Å². The van der Waals surface area contributed by atoms with Gasteiger partial charge >= 0.3 is 0 Å². The quantitative estimate of drug-likeness (QED) is 0.530. The van der Waals surface area contributed by atoms with Gasteiger partial charge in [-0.15, -0.1) is 0 Å². The highest BCUT2D eigenvalue weighted by Gasteiger charge is 2.33. The molecule has 3 aliphatic rings. The summed E-state index contributed by atoms with van der Waals surface area (Å²) in [5.74, 6) is 0.180. The van der Waals surface area contributed by atoms with Gasteiger partial charge in [0, 0.05) is 81.6 Å². The van der Waals surface area contributed by atoms with Crippen molar-refractivity contribution < 1.29 is 4.79 Å². The fourth-order valence-corrected chi connectivity index (χ4v) is 6.26. The Morgan fingerprint density at radius 2 is 1.69 bits per heavy atom. The SMILES string of the molecule is CCN1CCN(C2CCN(c3cccc4c3C(=O)N(CCc3ccc5ccccc5n3)C4)CC2)CC1. The van der Waals surface area contributed by atoms with E-state index in [1.165, 1.54) is 44.6 Å². The molecule has 4 heterocycles. The summed E-state index contributed by atoms with van der Waals surface area (Å²) in [6.07, 6.45) is 3.14. The highest BCUT2D eigenvalue weighted by Crippen LogP contribution is 2.34. The van der Waals surface area contributed by atoms with Gasteiger partial charge in [0.15, 0.2) is 0 Å². The van der Waals surface area contributed by atoms with Crippen LogP contribution in [0.15, 0.2) is 54.6 Å². The van der Waals surface area contributed by atoms with E-state index < -0.39 is 0 Å². The average Bonchev–Trinajstić information content (AvgIpc) is 3.27. The number of aromatic nitrogens is 1. The summed E-state index contributed by atoms with van der Waals surface area (Å²) >= 11 is 0. The van der Waals surface area contributed by atoms with Gasteiger partial charge in [-0.25, -0.2) is 0 Å². The van der Waals surface area contributed by atoms with Crippen LogP contribution in [-0.2, 0) is 13.0 Å². The molecule has 1 aromatic heterocycles. The third-order valence-corrected chi connectivity index (χ3v) is 8.46. The molecule has 0 atom stereocenters. The first kappa shape index (κ1) is 23.4. The van der Waals surface area contributed by atoms with Gasteiger partial charge in [0.1, 0.15) is 0 Å². The van der Waals surface area contributed by atoms with Crippen molar-refractivity contribution in [3.8, 4) is 0 Å². The third kappa shape index (κ3) is 4.60. The number of hydrogen-bond donors (Lipinski definition) is 0. The van der Waals surface area contributed by atoms with Gasteiger partial charge in [-0.3, -0.25) is 14.7 Å². The van der Waals surface area contributed by atoms with Crippen molar-refractivity contribution in [2.24, 2.45) is 0 Å². The molecule has 0 bridgehead atoms. The molecule has 2 saturated heterocycles. The Bertz CT molecular complexity index is 1230. The zero-order valence-corrected chi connectivity index (χ0v) is 21.4. The Labute approximate surface area is 214 Å². The van der Waals surface area contributed by atoms with Crippen LogP contribution >= 0.6 is 0 Å². The minimum Gasteiger partial charge on any atom is -0.371 e. The topological polar surface area (TPSA) is 42.9 Å². The molecule has 6 nitrogen and oxygen atoms in total. The molecule has 0 spiro atoms. The number of carbonyl (C=O) groups excluding carboxylic acids is 1. The molecule has 36 heavy (non-hydrogen) atoms. The average molecular weight is 484 g/mol. The second-order valence-corrected chi connectivity index (χ2v) is 10.5. The monoisotopic (exact) mass is 483 g/mol. The lowest BCUT2D eigenvalue weighted by atomic mass is 9.99. The van der Waals surface area contributed by atoms with Crippen LogP contribution in [0, 0.1) is 0 Å². The number of likely N-dealkylation sites (N-methyl/N-ethyl adjacent to an activating group) is 1. The van der Waals surface area contributed by atoms with Crippen molar-refractivity contribution >= 4 is 22.5 Å². The summed E-state index contributed by atoms with van der Waals surface area (Å²) in [4.78, 5) is 28.0. The molecule has 1 amide bonds. The number of fused-ring (bicyclic) bond motifs is 2. The number of benzene rings is 2. The summed E-state index contributed by atoms with van der Waals surface area (Å²) in [7, 11) is 0. The second-order valence-electron chi connectivity index (χ2n) is 10.5. The maximum Gasteiger partial charge on any atom is 0.256 e. The number of amides is 1. The van der Waals surface area contributed by atoms with Gasteiger partial charge in [0.05, 0.1) is 11.1 Å². The van der Waals surface area contributed by atoms with Crippen LogP contribution in [0.5, 0.6) is 0 Å². The summed E-state index contributed by atoms with van der Waals surface area (Å²) in [5, 5.41) is 1.16. The maximum atomic E-state index is 13.5. The minimum atomic E-state index is 0.180. The van der Waals surface area contributed by atoms with E-state index in [0.717, 1.165) is 53.9 Å². The van der Waals surface area contributed by atoms with E-state index in [1.807, 2.05) is 17.0 Å². The molecule has 0 aliphatic carbocycles. The molecule has 2 fully saturated rings. The molecule has 0 unspecified atom stereocenters. The molecule has 3 aliphatic heterocycles. The van der Waals surface area contributed by atoms with Crippen molar-refractivity contribution in [3.63, 3.8) is 0 Å². The van der Waals surface area contributed by atoms with E-state index in [0.29, 0.717) is 19.1 Å². The van der Waals surface area contributed by atoms with E-state index >= 15 is 0 Å². The van der Waals surface area contributed by atoms with E-state index in [2.05, 4.69) is 64.1 Å². The minimum absolute atomic E-state index is 0.180.